The molecule has 2 N–H and O–H groups in total. The summed E-state index contributed by atoms with van der Waals surface area (Å²) in [5.41, 5.74) is 6.67. The van der Waals surface area contributed by atoms with Gasteiger partial charge in [-0.2, -0.15) is 0 Å². The smallest absolute Gasteiger partial charge is 0.00793 e. The van der Waals surface area contributed by atoms with Gasteiger partial charge in [0.1, 0.15) is 0 Å². The number of hydrogen-bond donors (Lipinski definition) is 1. The summed E-state index contributed by atoms with van der Waals surface area (Å²) >= 11 is 0. The Morgan fingerprint density at radius 1 is 1.27 bits per heavy atom. The zero-order valence-electron chi connectivity index (χ0n) is 10.3. The van der Waals surface area contributed by atoms with Crippen molar-refractivity contribution >= 4 is 0 Å². The molecular weight excluding hydrogens is 184 g/mol. The van der Waals surface area contributed by atoms with Gasteiger partial charge in [0, 0.05) is 19.1 Å². The molecule has 0 aromatic heterocycles. The topological polar surface area (TPSA) is 29.3 Å². The molecular formula is C13H26N2. The lowest BCUT2D eigenvalue weighted by molar-refractivity contribution is 0.0999. The van der Waals surface area contributed by atoms with Gasteiger partial charge in [-0.1, -0.05) is 20.3 Å². The minimum absolute atomic E-state index is 0.482. The van der Waals surface area contributed by atoms with E-state index in [0.717, 1.165) is 5.92 Å². The molecule has 1 aliphatic heterocycles. The number of piperidine rings is 1. The Bertz CT molecular complexity index is 213. The predicted octanol–water partition coefficient (Wildman–Crippen LogP) is 2.24. The van der Waals surface area contributed by atoms with E-state index >= 15 is 0 Å². The van der Waals surface area contributed by atoms with Crippen LogP contribution in [0, 0.1) is 11.3 Å². The average molecular weight is 210 g/mol. The van der Waals surface area contributed by atoms with Crippen LogP contribution in [0.4, 0.5) is 0 Å². The van der Waals surface area contributed by atoms with Gasteiger partial charge in [-0.15, -0.1) is 0 Å². The van der Waals surface area contributed by atoms with Gasteiger partial charge >= 0.3 is 0 Å². The van der Waals surface area contributed by atoms with Gasteiger partial charge in [0.25, 0.3) is 0 Å². The molecule has 0 bridgehead atoms. The van der Waals surface area contributed by atoms with Crippen LogP contribution < -0.4 is 5.73 Å². The molecule has 1 saturated carbocycles. The second-order valence-electron chi connectivity index (χ2n) is 6.36. The van der Waals surface area contributed by atoms with Gasteiger partial charge in [0.2, 0.25) is 0 Å². The van der Waals surface area contributed by atoms with Crippen molar-refractivity contribution < 1.29 is 0 Å². The Labute approximate surface area is 94.2 Å². The van der Waals surface area contributed by atoms with Crippen LogP contribution in [0.25, 0.3) is 0 Å². The van der Waals surface area contributed by atoms with Crippen molar-refractivity contribution in [2.75, 3.05) is 19.6 Å². The minimum atomic E-state index is 0.482. The molecule has 0 aromatic rings. The summed E-state index contributed by atoms with van der Waals surface area (Å²) in [6.07, 6.45) is 6.72. The predicted molar refractivity (Wildman–Crippen MR) is 64.8 cm³/mol. The summed E-state index contributed by atoms with van der Waals surface area (Å²) in [4.78, 5) is 2.65. The molecule has 2 aliphatic rings. The average Bonchev–Trinajstić information content (AvgIpc) is 2.50. The molecule has 2 fully saturated rings. The van der Waals surface area contributed by atoms with E-state index in [2.05, 4.69) is 18.7 Å². The van der Waals surface area contributed by atoms with Crippen molar-refractivity contribution in [3.8, 4) is 0 Å². The van der Waals surface area contributed by atoms with Gasteiger partial charge in [0.15, 0.2) is 0 Å². The molecule has 1 aliphatic carbocycles. The zero-order chi connectivity index (χ0) is 10.9. The lowest BCUT2D eigenvalue weighted by Gasteiger charge is -2.39. The number of nitrogens with two attached hydrogens (primary N) is 1. The third-order valence-electron chi connectivity index (χ3n) is 4.19. The van der Waals surface area contributed by atoms with Crippen LogP contribution in [-0.4, -0.2) is 30.6 Å². The molecule has 2 atom stereocenters. The van der Waals surface area contributed by atoms with Crippen molar-refractivity contribution in [1.82, 2.24) is 4.90 Å². The molecule has 0 aromatic carbocycles. The number of rotatable bonds is 2. The Morgan fingerprint density at radius 2 is 2.07 bits per heavy atom. The standard InChI is InChI=1S/C13H26N2/c1-13(2)7-4-8-15(10-13)9-11-5-3-6-12(11)14/h11-12H,3-10,14H2,1-2H3. The molecule has 0 amide bonds. The first-order valence-electron chi connectivity index (χ1n) is 6.55. The number of nitrogens with zero attached hydrogens (tertiary/aromatic N) is 1. The fourth-order valence-corrected chi connectivity index (χ4v) is 3.32. The van der Waals surface area contributed by atoms with Gasteiger partial charge in [-0.05, 0) is 43.6 Å². The molecule has 88 valence electrons. The molecule has 0 spiro atoms. The summed E-state index contributed by atoms with van der Waals surface area (Å²) in [6.45, 7) is 8.62. The van der Waals surface area contributed by atoms with Gasteiger partial charge < -0.3 is 10.6 Å². The molecule has 2 heteroatoms. The van der Waals surface area contributed by atoms with Crippen LogP contribution in [0.1, 0.15) is 46.0 Å². The van der Waals surface area contributed by atoms with Crippen molar-refractivity contribution in [3.05, 3.63) is 0 Å². The van der Waals surface area contributed by atoms with Crippen molar-refractivity contribution in [3.63, 3.8) is 0 Å². The van der Waals surface area contributed by atoms with E-state index in [1.165, 1.54) is 51.7 Å². The maximum absolute atomic E-state index is 6.14. The minimum Gasteiger partial charge on any atom is -0.327 e. The SMILES string of the molecule is CC1(C)CCCN(CC2CCCC2N)C1. The first kappa shape index (κ1) is 11.4. The molecule has 1 saturated heterocycles. The summed E-state index contributed by atoms with van der Waals surface area (Å²) in [5.74, 6) is 0.777. The largest absolute Gasteiger partial charge is 0.327 e. The summed E-state index contributed by atoms with van der Waals surface area (Å²) in [5, 5.41) is 0. The van der Waals surface area contributed by atoms with E-state index in [1.54, 1.807) is 0 Å². The summed E-state index contributed by atoms with van der Waals surface area (Å²) in [7, 11) is 0. The molecule has 1 heterocycles. The second kappa shape index (κ2) is 4.42. The van der Waals surface area contributed by atoms with E-state index in [0.29, 0.717) is 11.5 Å². The van der Waals surface area contributed by atoms with Gasteiger partial charge in [-0.3, -0.25) is 0 Å². The van der Waals surface area contributed by atoms with Crippen molar-refractivity contribution in [2.45, 2.75) is 52.0 Å². The molecule has 2 unspecified atom stereocenters. The van der Waals surface area contributed by atoms with E-state index in [4.69, 9.17) is 5.73 Å². The normalized spacial score (nSPS) is 37.0. The third kappa shape index (κ3) is 2.94. The van der Waals surface area contributed by atoms with Crippen LogP contribution in [-0.2, 0) is 0 Å². The number of hydrogen-bond acceptors (Lipinski definition) is 2. The fourth-order valence-electron chi connectivity index (χ4n) is 3.32. The van der Waals surface area contributed by atoms with E-state index in [-0.39, 0.29) is 0 Å². The Kier molecular flexibility index (Phi) is 3.36. The van der Waals surface area contributed by atoms with Crippen LogP contribution >= 0.6 is 0 Å². The Hall–Kier alpha value is -0.0800. The maximum atomic E-state index is 6.14. The van der Waals surface area contributed by atoms with E-state index in [1.807, 2.05) is 0 Å². The maximum Gasteiger partial charge on any atom is 0.00793 e. The lowest BCUT2D eigenvalue weighted by Crippen LogP contribution is -2.44. The monoisotopic (exact) mass is 210 g/mol. The van der Waals surface area contributed by atoms with Crippen LogP contribution in [0.2, 0.25) is 0 Å². The van der Waals surface area contributed by atoms with Crippen LogP contribution in [0.15, 0.2) is 0 Å². The van der Waals surface area contributed by atoms with Crippen molar-refractivity contribution in [2.24, 2.45) is 17.1 Å². The first-order valence-corrected chi connectivity index (χ1v) is 6.55. The van der Waals surface area contributed by atoms with Crippen LogP contribution in [0.3, 0.4) is 0 Å². The van der Waals surface area contributed by atoms with Crippen LogP contribution in [0.5, 0.6) is 0 Å². The zero-order valence-corrected chi connectivity index (χ0v) is 10.3. The summed E-state index contributed by atoms with van der Waals surface area (Å²) < 4.78 is 0. The van der Waals surface area contributed by atoms with Gasteiger partial charge in [-0.25, -0.2) is 0 Å². The first-order chi connectivity index (χ1) is 7.07. The second-order valence-corrected chi connectivity index (χ2v) is 6.36. The molecule has 0 radical (unpaired) electrons. The lowest BCUT2D eigenvalue weighted by atomic mass is 9.83. The Balaban J connectivity index is 1.83. The highest BCUT2D eigenvalue weighted by Gasteiger charge is 2.30. The molecule has 2 nitrogen and oxygen atoms in total. The fraction of sp³-hybridized carbons (Fsp3) is 1.00. The third-order valence-corrected chi connectivity index (χ3v) is 4.19. The van der Waals surface area contributed by atoms with E-state index < -0.39 is 0 Å². The molecule has 15 heavy (non-hydrogen) atoms. The highest BCUT2D eigenvalue weighted by Crippen LogP contribution is 2.31. The van der Waals surface area contributed by atoms with E-state index in [9.17, 15) is 0 Å². The van der Waals surface area contributed by atoms with Gasteiger partial charge in [0.05, 0.1) is 0 Å². The quantitative estimate of drug-likeness (QED) is 0.757. The highest BCUT2D eigenvalue weighted by molar-refractivity contribution is 4.86. The highest BCUT2D eigenvalue weighted by atomic mass is 15.1. The summed E-state index contributed by atoms with van der Waals surface area (Å²) in [6, 6.07) is 0.482. The number of likely N-dealkylation sites (tertiary alicyclic amines) is 1. The Morgan fingerprint density at radius 3 is 2.67 bits per heavy atom. The van der Waals surface area contributed by atoms with Crippen molar-refractivity contribution in [1.29, 1.82) is 0 Å². The molecule has 2 rings (SSSR count).